The Morgan fingerprint density at radius 2 is 1.42 bits per heavy atom. The minimum atomic E-state index is -0.970. The Morgan fingerprint density at radius 1 is 1.00 bits per heavy atom. The molecule has 2 N–H and O–H groups in total. The van der Waals surface area contributed by atoms with Crippen LogP contribution in [0, 0.1) is 0 Å². The molecule has 0 fully saturated rings. The number of nitrogens with two attached hydrogens (primary N) is 1. The van der Waals surface area contributed by atoms with Crippen molar-refractivity contribution in [1.29, 1.82) is 0 Å². The molecule has 0 heterocycles. The predicted molar refractivity (Wildman–Crippen MR) is 43.1 cm³/mol. The molecule has 2 rings (SSSR count). The van der Waals surface area contributed by atoms with Crippen molar-refractivity contribution in [1.82, 2.24) is 0 Å². The van der Waals surface area contributed by atoms with E-state index in [-0.39, 0.29) is 11.6 Å². The van der Waals surface area contributed by atoms with Gasteiger partial charge >= 0.3 is 0 Å². The van der Waals surface area contributed by atoms with Gasteiger partial charge in [-0.2, -0.15) is 0 Å². The van der Waals surface area contributed by atoms with Gasteiger partial charge in [0.15, 0.2) is 11.6 Å². The van der Waals surface area contributed by atoms with E-state index in [4.69, 9.17) is 5.73 Å². The third-order valence-corrected chi connectivity index (χ3v) is 2.02. The maximum absolute atomic E-state index is 11.3. The van der Waals surface area contributed by atoms with Crippen LogP contribution >= 0.6 is 0 Å². The molecule has 60 valence electrons. The van der Waals surface area contributed by atoms with Gasteiger partial charge in [0.2, 0.25) is 0 Å². The van der Waals surface area contributed by atoms with Crippen LogP contribution in [0.25, 0.3) is 0 Å². The van der Waals surface area contributed by atoms with E-state index in [2.05, 4.69) is 0 Å². The van der Waals surface area contributed by atoms with Crippen LogP contribution in [-0.2, 0) is 0 Å². The first-order valence-electron chi connectivity index (χ1n) is 3.65. The van der Waals surface area contributed by atoms with E-state index in [1.165, 1.54) is 0 Å². The maximum atomic E-state index is 11.3. The SMILES string of the molecule is NC1C(=O)c2ccccc2C1=O. The van der Waals surface area contributed by atoms with Gasteiger partial charge in [-0.25, -0.2) is 0 Å². The van der Waals surface area contributed by atoms with Gasteiger partial charge in [-0.3, -0.25) is 9.59 Å². The van der Waals surface area contributed by atoms with E-state index in [1.807, 2.05) is 0 Å². The minimum Gasteiger partial charge on any atom is -0.315 e. The minimum absolute atomic E-state index is 0.268. The fraction of sp³-hybridized carbons (Fsp3) is 0.111. The topological polar surface area (TPSA) is 60.2 Å². The fourth-order valence-electron chi connectivity index (χ4n) is 1.37. The van der Waals surface area contributed by atoms with Crippen molar-refractivity contribution >= 4 is 11.6 Å². The van der Waals surface area contributed by atoms with Crippen LogP contribution in [0.4, 0.5) is 0 Å². The lowest BCUT2D eigenvalue weighted by atomic mass is 10.1. The van der Waals surface area contributed by atoms with Crippen molar-refractivity contribution in [3.63, 3.8) is 0 Å². The fourth-order valence-corrected chi connectivity index (χ4v) is 1.37. The van der Waals surface area contributed by atoms with Crippen molar-refractivity contribution in [2.24, 2.45) is 5.73 Å². The van der Waals surface area contributed by atoms with Gasteiger partial charge in [0.05, 0.1) is 0 Å². The first kappa shape index (κ1) is 7.18. The lowest BCUT2D eigenvalue weighted by Crippen LogP contribution is -2.31. The van der Waals surface area contributed by atoms with Crippen LogP contribution in [0.5, 0.6) is 0 Å². The molecule has 1 aliphatic rings. The number of Topliss-reactive ketones (excluding diaryl/α,β-unsaturated/α-hetero) is 2. The lowest BCUT2D eigenvalue weighted by molar-refractivity contribution is 0.0893. The molecule has 0 spiro atoms. The number of ketones is 2. The molecule has 0 saturated carbocycles. The third kappa shape index (κ3) is 0.740. The average molecular weight is 161 g/mol. The number of carbonyl (C=O) groups is 2. The molecule has 0 unspecified atom stereocenters. The molecule has 3 nitrogen and oxygen atoms in total. The number of benzene rings is 1. The van der Waals surface area contributed by atoms with Crippen molar-refractivity contribution in [3.05, 3.63) is 35.4 Å². The van der Waals surface area contributed by atoms with Crippen molar-refractivity contribution < 1.29 is 9.59 Å². The summed E-state index contributed by atoms with van der Waals surface area (Å²) in [4.78, 5) is 22.5. The summed E-state index contributed by atoms with van der Waals surface area (Å²) >= 11 is 0. The molecule has 3 heteroatoms. The van der Waals surface area contributed by atoms with E-state index in [1.54, 1.807) is 24.3 Å². The molecular formula is C9H7NO2. The van der Waals surface area contributed by atoms with Gasteiger partial charge in [-0.1, -0.05) is 24.3 Å². The van der Waals surface area contributed by atoms with Gasteiger partial charge in [0, 0.05) is 11.1 Å². The van der Waals surface area contributed by atoms with Crippen LogP contribution in [0.15, 0.2) is 24.3 Å². The van der Waals surface area contributed by atoms with Crippen LogP contribution in [0.2, 0.25) is 0 Å². The van der Waals surface area contributed by atoms with Crippen LogP contribution < -0.4 is 5.73 Å². The second kappa shape index (κ2) is 2.25. The summed E-state index contributed by atoms with van der Waals surface area (Å²) in [6.45, 7) is 0. The quantitative estimate of drug-likeness (QED) is 0.560. The zero-order chi connectivity index (χ0) is 8.72. The zero-order valence-electron chi connectivity index (χ0n) is 6.28. The lowest BCUT2D eigenvalue weighted by Gasteiger charge is -1.93. The molecule has 0 saturated heterocycles. The van der Waals surface area contributed by atoms with Crippen LogP contribution in [0.3, 0.4) is 0 Å². The highest BCUT2D eigenvalue weighted by Crippen LogP contribution is 2.20. The number of rotatable bonds is 0. The normalized spacial score (nSPS) is 16.8. The number of hydrogen-bond donors (Lipinski definition) is 1. The van der Waals surface area contributed by atoms with E-state index < -0.39 is 6.04 Å². The smallest absolute Gasteiger partial charge is 0.188 e. The molecule has 0 radical (unpaired) electrons. The highest BCUT2D eigenvalue weighted by molar-refractivity contribution is 6.29. The van der Waals surface area contributed by atoms with Gasteiger partial charge in [0.1, 0.15) is 6.04 Å². The Labute approximate surface area is 69.2 Å². The summed E-state index contributed by atoms with van der Waals surface area (Å²) in [6, 6.07) is 5.73. The summed E-state index contributed by atoms with van der Waals surface area (Å²) < 4.78 is 0. The standard InChI is InChI=1S/C9H7NO2/c10-7-8(11)5-3-1-2-4-6(5)9(7)12/h1-4,7H,10H2. The summed E-state index contributed by atoms with van der Waals surface area (Å²) in [5.41, 5.74) is 6.28. The Bertz CT molecular complexity index is 336. The highest BCUT2D eigenvalue weighted by Gasteiger charge is 2.34. The Kier molecular flexibility index (Phi) is 1.35. The number of fused-ring (bicyclic) bond motifs is 1. The molecule has 0 aliphatic heterocycles. The first-order chi connectivity index (χ1) is 5.72. The zero-order valence-corrected chi connectivity index (χ0v) is 6.28. The van der Waals surface area contributed by atoms with Gasteiger partial charge in [-0.05, 0) is 0 Å². The molecule has 1 aromatic carbocycles. The van der Waals surface area contributed by atoms with E-state index in [0.29, 0.717) is 11.1 Å². The van der Waals surface area contributed by atoms with Crippen molar-refractivity contribution in [2.45, 2.75) is 6.04 Å². The average Bonchev–Trinajstić information content (AvgIpc) is 2.33. The van der Waals surface area contributed by atoms with Gasteiger partial charge in [0.25, 0.3) is 0 Å². The summed E-state index contributed by atoms with van der Waals surface area (Å²) in [5, 5.41) is 0. The van der Waals surface area contributed by atoms with Crippen molar-refractivity contribution in [3.8, 4) is 0 Å². The molecule has 12 heavy (non-hydrogen) atoms. The molecule has 0 aromatic heterocycles. The third-order valence-electron chi connectivity index (χ3n) is 2.02. The highest BCUT2D eigenvalue weighted by atomic mass is 16.2. The first-order valence-corrected chi connectivity index (χ1v) is 3.65. The molecule has 0 atom stereocenters. The molecule has 1 aliphatic carbocycles. The monoisotopic (exact) mass is 161 g/mol. The molecule has 0 amide bonds. The maximum Gasteiger partial charge on any atom is 0.188 e. The van der Waals surface area contributed by atoms with Crippen molar-refractivity contribution in [2.75, 3.05) is 0 Å². The number of hydrogen-bond acceptors (Lipinski definition) is 3. The molecular weight excluding hydrogens is 154 g/mol. The summed E-state index contributed by atoms with van der Waals surface area (Å²) in [6.07, 6.45) is 0. The Hall–Kier alpha value is -1.48. The predicted octanol–water partition coefficient (Wildman–Crippen LogP) is 0.393. The Morgan fingerprint density at radius 3 is 1.83 bits per heavy atom. The van der Waals surface area contributed by atoms with Crippen LogP contribution in [-0.4, -0.2) is 17.6 Å². The Balaban J connectivity index is 2.67. The summed E-state index contributed by atoms with van der Waals surface area (Å²) in [5.74, 6) is -0.536. The largest absolute Gasteiger partial charge is 0.315 e. The van der Waals surface area contributed by atoms with E-state index in [9.17, 15) is 9.59 Å². The van der Waals surface area contributed by atoms with Gasteiger partial charge < -0.3 is 5.73 Å². The molecule has 0 bridgehead atoms. The van der Waals surface area contributed by atoms with E-state index >= 15 is 0 Å². The second-order valence-corrected chi connectivity index (χ2v) is 2.75. The van der Waals surface area contributed by atoms with Crippen LogP contribution in [0.1, 0.15) is 20.7 Å². The molecule has 1 aromatic rings. The van der Waals surface area contributed by atoms with E-state index in [0.717, 1.165) is 0 Å². The second-order valence-electron chi connectivity index (χ2n) is 2.75. The number of carbonyl (C=O) groups excluding carboxylic acids is 2. The summed E-state index contributed by atoms with van der Waals surface area (Å²) in [7, 11) is 0. The van der Waals surface area contributed by atoms with Gasteiger partial charge in [-0.15, -0.1) is 0 Å².